The van der Waals surface area contributed by atoms with Gasteiger partial charge in [-0.3, -0.25) is 4.98 Å². The Morgan fingerprint density at radius 3 is 3.06 bits per heavy atom. The molecule has 0 atom stereocenters. The third-order valence-electron chi connectivity index (χ3n) is 2.32. The van der Waals surface area contributed by atoms with Crippen molar-refractivity contribution in [1.29, 1.82) is 0 Å². The molecule has 4 heteroatoms. The van der Waals surface area contributed by atoms with Gasteiger partial charge in [0, 0.05) is 18.1 Å². The second-order valence-corrected chi connectivity index (χ2v) is 4.45. The third-order valence-corrected chi connectivity index (χ3v) is 3.22. The summed E-state index contributed by atoms with van der Waals surface area (Å²) >= 11 is 1.65. The molecule has 0 aliphatic heterocycles. The van der Waals surface area contributed by atoms with Crippen LogP contribution in [0, 0.1) is 6.92 Å². The number of nitrogens with one attached hydrogen (secondary N) is 1. The minimum absolute atomic E-state index is 0.832. The zero-order valence-electron chi connectivity index (χ0n) is 9.53. The fraction of sp³-hybridized carbons (Fsp3) is 0.333. The Bertz CT molecular complexity index is 465. The maximum Gasteiger partial charge on any atom is 0.142 e. The highest BCUT2D eigenvalue weighted by Gasteiger charge is 2.07. The Labute approximate surface area is 99.6 Å². The quantitative estimate of drug-likeness (QED) is 0.882. The topological polar surface area (TPSA) is 37.8 Å². The molecule has 0 unspecified atom stereocenters. The zero-order valence-corrected chi connectivity index (χ0v) is 10.3. The number of rotatable bonds is 4. The summed E-state index contributed by atoms with van der Waals surface area (Å²) < 4.78 is 0. The zero-order chi connectivity index (χ0) is 11.4. The Morgan fingerprint density at radius 2 is 2.31 bits per heavy atom. The number of pyridine rings is 1. The molecule has 0 bridgehead atoms. The molecule has 84 valence electrons. The van der Waals surface area contributed by atoms with Gasteiger partial charge in [-0.2, -0.15) is 0 Å². The van der Waals surface area contributed by atoms with Gasteiger partial charge in [0.15, 0.2) is 0 Å². The van der Waals surface area contributed by atoms with Crippen molar-refractivity contribution in [3.8, 4) is 10.7 Å². The van der Waals surface area contributed by atoms with Crippen molar-refractivity contribution in [2.75, 3.05) is 6.54 Å². The lowest BCUT2D eigenvalue weighted by atomic mass is 10.2. The van der Waals surface area contributed by atoms with Crippen molar-refractivity contribution in [2.45, 2.75) is 20.4 Å². The van der Waals surface area contributed by atoms with Crippen LogP contribution < -0.4 is 5.32 Å². The Morgan fingerprint density at radius 1 is 1.44 bits per heavy atom. The van der Waals surface area contributed by atoms with E-state index in [4.69, 9.17) is 0 Å². The molecule has 0 aliphatic carbocycles. The van der Waals surface area contributed by atoms with Gasteiger partial charge in [0.1, 0.15) is 10.7 Å². The highest BCUT2D eigenvalue weighted by atomic mass is 32.1. The van der Waals surface area contributed by atoms with Crippen molar-refractivity contribution >= 4 is 11.3 Å². The van der Waals surface area contributed by atoms with E-state index in [1.54, 1.807) is 11.3 Å². The fourth-order valence-electron chi connectivity index (χ4n) is 1.46. The van der Waals surface area contributed by atoms with Crippen LogP contribution in [0.1, 0.15) is 18.2 Å². The molecule has 3 nitrogen and oxygen atoms in total. The molecule has 2 aromatic rings. The van der Waals surface area contributed by atoms with Crippen LogP contribution in [0.5, 0.6) is 0 Å². The molecule has 16 heavy (non-hydrogen) atoms. The smallest absolute Gasteiger partial charge is 0.142 e. The van der Waals surface area contributed by atoms with E-state index in [9.17, 15) is 0 Å². The summed E-state index contributed by atoms with van der Waals surface area (Å²) in [6, 6.07) is 4.01. The Hall–Kier alpha value is -1.26. The molecule has 2 rings (SSSR count). The fourth-order valence-corrected chi connectivity index (χ4v) is 2.34. The number of hydrogen-bond acceptors (Lipinski definition) is 4. The highest BCUT2D eigenvalue weighted by Crippen LogP contribution is 2.24. The summed E-state index contributed by atoms with van der Waals surface area (Å²) in [4.78, 5) is 8.94. The first-order valence-electron chi connectivity index (χ1n) is 5.38. The molecule has 0 aromatic carbocycles. The molecule has 1 N–H and O–H groups in total. The largest absolute Gasteiger partial charge is 0.311 e. The van der Waals surface area contributed by atoms with Gasteiger partial charge in [-0.05, 0) is 25.1 Å². The van der Waals surface area contributed by atoms with Crippen LogP contribution in [0.4, 0.5) is 0 Å². The SMILES string of the molecule is CCNCc1csc(-c2ncccc2C)n1. The van der Waals surface area contributed by atoms with Crippen molar-refractivity contribution < 1.29 is 0 Å². The van der Waals surface area contributed by atoms with Gasteiger partial charge < -0.3 is 5.32 Å². The van der Waals surface area contributed by atoms with E-state index in [2.05, 4.69) is 40.6 Å². The second kappa shape index (κ2) is 5.18. The van der Waals surface area contributed by atoms with E-state index in [1.807, 2.05) is 12.3 Å². The molecule has 0 fully saturated rings. The third kappa shape index (κ3) is 2.46. The van der Waals surface area contributed by atoms with Crippen LogP contribution in [0.3, 0.4) is 0 Å². The van der Waals surface area contributed by atoms with Crippen LogP contribution in [-0.2, 0) is 6.54 Å². The van der Waals surface area contributed by atoms with E-state index in [0.29, 0.717) is 0 Å². The van der Waals surface area contributed by atoms with Crippen molar-refractivity contribution in [2.24, 2.45) is 0 Å². The van der Waals surface area contributed by atoms with Crippen LogP contribution in [0.2, 0.25) is 0 Å². The minimum atomic E-state index is 0.832. The molecule has 0 aliphatic rings. The van der Waals surface area contributed by atoms with Crippen molar-refractivity contribution in [1.82, 2.24) is 15.3 Å². The minimum Gasteiger partial charge on any atom is -0.311 e. The van der Waals surface area contributed by atoms with Crippen LogP contribution >= 0.6 is 11.3 Å². The summed E-state index contributed by atoms with van der Waals surface area (Å²) in [5, 5.41) is 6.36. The van der Waals surface area contributed by atoms with Gasteiger partial charge in [-0.25, -0.2) is 4.98 Å². The maximum absolute atomic E-state index is 4.57. The predicted molar refractivity (Wildman–Crippen MR) is 67.5 cm³/mol. The molecular formula is C12H15N3S. The average molecular weight is 233 g/mol. The molecule has 0 saturated heterocycles. The first kappa shape index (κ1) is 11.2. The van der Waals surface area contributed by atoms with E-state index < -0.39 is 0 Å². The van der Waals surface area contributed by atoms with Crippen LogP contribution in [0.25, 0.3) is 10.7 Å². The van der Waals surface area contributed by atoms with E-state index >= 15 is 0 Å². The lowest BCUT2D eigenvalue weighted by molar-refractivity contribution is 0.714. The van der Waals surface area contributed by atoms with Gasteiger partial charge in [0.25, 0.3) is 0 Å². The van der Waals surface area contributed by atoms with Gasteiger partial charge in [0.2, 0.25) is 0 Å². The monoisotopic (exact) mass is 233 g/mol. The second-order valence-electron chi connectivity index (χ2n) is 3.59. The number of hydrogen-bond donors (Lipinski definition) is 1. The van der Waals surface area contributed by atoms with Gasteiger partial charge >= 0.3 is 0 Å². The van der Waals surface area contributed by atoms with Gasteiger partial charge in [-0.1, -0.05) is 13.0 Å². The number of thiazole rings is 1. The van der Waals surface area contributed by atoms with Gasteiger partial charge in [-0.15, -0.1) is 11.3 Å². The molecule has 0 spiro atoms. The Balaban J connectivity index is 2.22. The first-order valence-corrected chi connectivity index (χ1v) is 6.26. The molecule has 2 aromatic heterocycles. The average Bonchev–Trinajstić information content (AvgIpc) is 2.75. The molecule has 2 heterocycles. The number of aryl methyl sites for hydroxylation is 1. The van der Waals surface area contributed by atoms with E-state index in [-0.39, 0.29) is 0 Å². The van der Waals surface area contributed by atoms with Crippen molar-refractivity contribution in [3.63, 3.8) is 0 Å². The lowest BCUT2D eigenvalue weighted by Crippen LogP contribution is -2.11. The predicted octanol–water partition coefficient (Wildman–Crippen LogP) is 2.62. The summed E-state index contributed by atoms with van der Waals surface area (Å²) in [6.07, 6.45) is 1.81. The van der Waals surface area contributed by atoms with Crippen molar-refractivity contribution in [3.05, 3.63) is 35.0 Å². The lowest BCUT2D eigenvalue weighted by Gasteiger charge is -1.99. The highest BCUT2D eigenvalue weighted by molar-refractivity contribution is 7.13. The summed E-state index contributed by atoms with van der Waals surface area (Å²) in [5.41, 5.74) is 3.26. The summed E-state index contributed by atoms with van der Waals surface area (Å²) in [6.45, 7) is 5.96. The van der Waals surface area contributed by atoms with Crippen LogP contribution in [0.15, 0.2) is 23.7 Å². The maximum atomic E-state index is 4.57. The molecule has 0 radical (unpaired) electrons. The number of nitrogens with zero attached hydrogens (tertiary/aromatic N) is 2. The number of aromatic nitrogens is 2. The Kier molecular flexibility index (Phi) is 3.64. The normalized spacial score (nSPS) is 10.6. The van der Waals surface area contributed by atoms with E-state index in [0.717, 1.165) is 29.5 Å². The summed E-state index contributed by atoms with van der Waals surface area (Å²) in [5.74, 6) is 0. The molecular weight excluding hydrogens is 218 g/mol. The first-order chi connectivity index (χ1) is 7.81. The van der Waals surface area contributed by atoms with Crippen LogP contribution in [-0.4, -0.2) is 16.5 Å². The van der Waals surface area contributed by atoms with E-state index in [1.165, 1.54) is 5.56 Å². The van der Waals surface area contributed by atoms with Gasteiger partial charge in [0.05, 0.1) is 5.69 Å². The molecule has 0 amide bonds. The molecule has 0 saturated carbocycles. The summed E-state index contributed by atoms with van der Waals surface area (Å²) in [7, 11) is 0. The standard InChI is InChI=1S/C12H15N3S/c1-3-13-7-10-8-16-12(15-10)11-9(2)5-4-6-14-11/h4-6,8,13H,3,7H2,1-2H3.